The fourth-order valence-electron chi connectivity index (χ4n) is 4.75. The number of hydrogen-bond acceptors (Lipinski definition) is 5. The SMILES string of the molecule is C[C@]1(c2ccc3ccccc3c2)NC(=O)N(CN2CCN(CC(=O)Nc3ccc(F)cc3)CC2)C1=O. The molecule has 36 heavy (non-hydrogen) atoms. The summed E-state index contributed by atoms with van der Waals surface area (Å²) in [5, 5.41) is 7.74. The predicted octanol–water partition coefficient (Wildman–Crippen LogP) is 2.96. The van der Waals surface area contributed by atoms with E-state index in [1.165, 1.54) is 29.2 Å². The summed E-state index contributed by atoms with van der Waals surface area (Å²) in [4.78, 5) is 43.8. The third kappa shape index (κ3) is 4.80. The molecule has 2 aliphatic rings. The van der Waals surface area contributed by atoms with E-state index in [0.717, 1.165) is 16.3 Å². The number of benzene rings is 3. The summed E-state index contributed by atoms with van der Waals surface area (Å²) in [7, 11) is 0. The lowest BCUT2D eigenvalue weighted by molar-refractivity contribution is -0.132. The molecule has 4 amide bonds. The van der Waals surface area contributed by atoms with Gasteiger partial charge in [0.1, 0.15) is 11.4 Å². The van der Waals surface area contributed by atoms with E-state index in [0.29, 0.717) is 31.9 Å². The van der Waals surface area contributed by atoms with Crippen molar-refractivity contribution in [2.45, 2.75) is 12.5 Å². The number of urea groups is 1. The third-order valence-electron chi connectivity index (χ3n) is 6.90. The van der Waals surface area contributed by atoms with Gasteiger partial charge in [0.15, 0.2) is 0 Å². The van der Waals surface area contributed by atoms with Crippen LogP contribution >= 0.6 is 0 Å². The number of nitrogens with zero attached hydrogens (tertiary/aromatic N) is 3. The van der Waals surface area contributed by atoms with Crippen LogP contribution in [0, 0.1) is 5.82 Å². The molecule has 1 atom stereocenters. The highest BCUT2D eigenvalue weighted by Gasteiger charge is 2.49. The zero-order valence-corrected chi connectivity index (χ0v) is 20.0. The molecule has 0 aliphatic carbocycles. The van der Waals surface area contributed by atoms with Crippen molar-refractivity contribution in [1.29, 1.82) is 0 Å². The average Bonchev–Trinajstić information content (AvgIpc) is 3.10. The van der Waals surface area contributed by atoms with Gasteiger partial charge in [-0.2, -0.15) is 0 Å². The Kier molecular flexibility index (Phi) is 6.42. The number of carbonyl (C=O) groups is 3. The third-order valence-corrected chi connectivity index (χ3v) is 6.90. The summed E-state index contributed by atoms with van der Waals surface area (Å²) in [6, 6.07) is 18.9. The van der Waals surface area contributed by atoms with Crippen LogP contribution in [0.25, 0.3) is 10.8 Å². The highest BCUT2D eigenvalue weighted by Crippen LogP contribution is 2.31. The van der Waals surface area contributed by atoms with Crippen molar-refractivity contribution in [2.75, 3.05) is 44.7 Å². The smallest absolute Gasteiger partial charge is 0.325 e. The molecule has 0 bridgehead atoms. The molecule has 9 heteroatoms. The summed E-state index contributed by atoms with van der Waals surface area (Å²) >= 11 is 0. The molecule has 8 nitrogen and oxygen atoms in total. The first kappa shape index (κ1) is 23.9. The molecule has 5 rings (SSSR count). The van der Waals surface area contributed by atoms with Crippen LogP contribution in [0.4, 0.5) is 14.9 Å². The van der Waals surface area contributed by atoms with Crippen molar-refractivity contribution < 1.29 is 18.8 Å². The minimum atomic E-state index is -1.12. The van der Waals surface area contributed by atoms with Gasteiger partial charge < -0.3 is 10.6 Å². The van der Waals surface area contributed by atoms with Crippen LogP contribution in [-0.4, -0.2) is 71.9 Å². The lowest BCUT2D eigenvalue weighted by Crippen LogP contribution is -2.52. The molecule has 3 aromatic carbocycles. The molecule has 0 saturated carbocycles. The van der Waals surface area contributed by atoms with Crippen LogP contribution in [0.3, 0.4) is 0 Å². The van der Waals surface area contributed by atoms with Gasteiger partial charge in [-0.1, -0.05) is 36.4 Å². The molecular weight excluding hydrogens is 461 g/mol. The second kappa shape index (κ2) is 9.67. The Bertz CT molecular complexity index is 1310. The van der Waals surface area contributed by atoms with Crippen LogP contribution in [0.15, 0.2) is 66.7 Å². The summed E-state index contributed by atoms with van der Waals surface area (Å²) < 4.78 is 13.0. The van der Waals surface area contributed by atoms with Crippen molar-refractivity contribution in [2.24, 2.45) is 0 Å². The van der Waals surface area contributed by atoms with Gasteiger partial charge in [-0.05, 0) is 53.6 Å². The van der Waals surface area contributed by atoms with E-state index in [1.807, 2.05) is 52.3 Å². The Labute approximate surface area is 208 Å². The summed E-state index contributed by atoms with van der Waals surface area (Å²) in [5.41, 5.74) is 0.175. The van der Waals surface area contributed by atoms with Gasteiger partial charge in [-0.25, -0.2) is 14.1 Å². The summed E-state index contributed by atoms with van der Waals surface area (Å²) in [6.45, 7) is 4.65. The molecule has 0 unspecified atom stereocenters. The molecule has 0 radical (unpaired) electrons. The summed E-state index contributed by atoms with van der Waals surface area (Å²) in [6.07, 6.45) is 0. The Morgan fingerprint density at radius 3 is 2.33 bits per heavy atom. The van der Waals surface area contributed by atoms with E-state index in [9.17, 15) is 18.8 Å². The molecule has 0 aromatic heterocycles. The van der Waals surface area contributed by atoms with E-state index in [2.05, 4.69) is 10.6 Å². The second-order valence-corrected chi connectivity index (χ2v) is 9.44. The molecule has 3 aromatic rings. The Balaban J connectivity index is 1.16. The summed E-state index contributed by atoms with van der Waals surface area (Å²) in [5.74, 6) is -0.800. The molecule has 2 N–H and O–H groups in total. The van der Waals surface area contributed by atoms with Crippen LogP contribution in [0.2, 0.25) is 0 Å². The Morgan fingerprint density at radius 2 is 1.61 bits per heavy atom. The van der Waals surface area contributed by atoms with Gasteiger partial charge in [-0.15, -0.1) is 0 Å². The van der Waals surface area contributed by atoms with Crippen LogP contribution in [0.5, 0.6) is 0 Å². The van der Waals surface area contributed by atoms with Gasteiger partial charge >= 0.3 is 6.03 Å². The van der Waals surface area contributed by atoms with E-state index in [4.69, 9.17) is 0 Å². The highest BCUT2D eigenvalue weighted by molar-refractivity contribution is 6.07. The quantitative estimate of drug-likeness (QED) is 0.520. The molecule has 186 valence electrons. The predicted molar refractivity (Wildman–Crippen MR) is 135 cm³/mol. The largest absolute Gasteiger partial charge is 0.326 e. The number of nitrogens with one attached hydrogen (secondary N) is 2. The zero-order chi connectivity index (χ0) is 25.3. The number of carbonyl (C=O) groups excluding carboxylic acids is 3. The Morgan fingerprint density at radius 1 is 0.944 bits per heavy atom. The van der Waals surface area contributed by atoms with Crippen LogP contribution < -0.4 is 10.6 Å². The monoisotopic (exact) mass is 489 g/mol. The molecule has 2 heterocycles. The van der Waals surface area contributed by atoms with Crippen molar-refractivity contribution in [3.8, 4) is 0 Å². The van der Waals surface area contributed by atoms with Crippen LogP contribution in [-0.2, 0) is 15.1 Å². The van der Waals surface area contributed by atoms with Crippen molar-refractivity contribution in [3.63, 3.8) is 0 Å². The number of anilines is 1. The first-order valence-electron chi connectivity index (χ1n) is 12.0. The van der Waals surface area contributed by atoms with Crippen molar-refractivity contribution >= 4 is 34.3 Å². The van der Waals surface area contributed by atoms with Crippen molar-refractivity contribution in [1.82, 2.24) is 20.0 Å². The minimum absolute atomic E-state index is 0.171. The van der Waals surface area contributed by atoms with E-state index in [1.54, 1.807) is 6.92 Å². The molecular formula is C27H28FN5O3. The van der Waals surface area contributed by atoms with Gasteiger partial charge in [0.25, 0.3) is 5.91 Å². The standard InChI is InChI=1S/C27H28FN5O3/c1-27(21-7-6-19-4-2-3-5-20(19)16-21)25(35)33(26(36)30-27)18-32-14-12-31(13-15-32)17-24(34)29-23-10-8-22(28)9-11-23/h2-11,16H,12-15,17-18H2,1H3,(H,29,34)(H,30,36)/t27-/m1/s1. The average molecular weight is 490 g/mol. The number of rotatable bonds is 6. The fourth-order valence-corrected chi connectivity index (χ4v) is 4.75. The van der Waals surface area contributed by atoms with Crippen LogP contribution in [0.1, 0.15) is 12.5 Å². The number of hydrogen-bond donors (Lipinski definition) is 2. The van der Waals surface area contributed by atoms with E-state index < -0.39 is 11.6 Å². The topological polar surface area (TPSA) is 85.0 Å². The van der Waals surface area contributed by atoms with Gasteiger partial charge in [0.2, 0.25) is 5.91 Å². The van der Waals surface area contributed by atoms with E-state index >= 15 is 0 Å². The zero-order valence-electron chi connectivity index (χ0n) is 20.0. The molecule has 0 spiro atoms. The number of amides is 4. The Hall–Kier alpha value is -3.82. The molecule has 2 saturated heterocycles. The maximum absolute atomic E-state index is 13.4. The second-order valence-electron chi connectivity index (χ2n) is 9.44. The maximum atomic E-state index is 13.4. The number of fused-ring (bicyclic) bond motifs is 1. The number of piperazine rings is 1. The van der Waals surface area contributed by atoms with Gasteiger partial charge in [0.05, 0.1) is 13.2 Å². The number of halogens is 1. The van der Waals surface area contributed by atoms with Crippen molar-refractivity contribution in [3.05, 3.63) is 78.1 Å². The van der Waals surface area contributed by atoms with Gasteiger partial charge in [0, 0.05) is 31.9 Å². The highest BCUT2D eigenvalue weighted by atomic mass is 19.1. The normalized spacial score (nSPS) is 21.1. The first-order valence-corrected chi connectivity index (χ1v) is 12.0. The van der Waals surface area contributed by atoms with Gasteiger partial charge in [-0.3, -0.25) is 19.4 Å². The molecule has 2 fully saturated rings. The minimum Gasteiger partial charge on any atom is -0.325 e. The van der Waals surface area contributed by atoms with E-state index in [-0.39, 0.29) is 30.8 Å². The lowest BCUT2D eigenvalue weighted by Gasteiger charge is -2.35. The number of imide groups is 1. The fraction of sp³-hybridized carbons (Fsp3) is 0.296. The first-order chi connectivity index (χ1) is 17.3. The molecule has 2 aliphatic heterocycles. The maximum Gasteiger partial charge on any atom is 0.326 e. The lowest BCUT2D eigenvalue weighted by atomic mass is 9.90.